The number of rotatable bonds is 2. The SMILES string of the molecule is [SiH3]c1cc(CBr)c([SiH3])cc1CBr. The molecule has 0 radical (unpaired) electrons. The van der Waals surface area contributed by atoms with Crippen LogP contribution in [0.4, 0.5) is 0 Å². The van der Waals surface area contributed by atoms with Crippen LogP contribution in [0.25, 0.3) is 0 Å². The van der Waals surface area contributed by atoms with Crippen molar-refractivity contribution < 1.29 is 0 Å². The second-order valence-electron chi connectivity index (χ2n) is 2.97. The predicted molar refractivity (Wildman–Crippen MR) is 70.9 cm³/mol. The molecule has 0 aliphatic carbocycles. The van der Waals surface area contributed by atoms with Crippen LogP contribution in [0.1, 0.15) is 11.1 Å². The molecule has 4 heteroatoms. The molecular formula is C8H12Br2Si2. The van der Waals surface area contributed by atoms with Crippen LogP contribution in [-0.2, 0) is 10.7 Å². The molecule has 0 fully saturated rings. The minimum absolute atomic E-state index is 1.00. The lowest BCUT2D eigenvalue weighted by Gasteiger charge is -2.08. The summed E-state index contributed by atoms with van der Waals surface area (Å²) in [5.41, 5.74) is 2.97. The average molecular weight is 324 g/mol. The van der Waals surface area contributed by atoms with Crippen LogP contribution in [0.5, 0.6) is 0 Å². The Morgan fingerprint density at radius 3 is 1.50 bits per heavy atom. The standard InChI is InChI=1S/C8H12Br2Si2/c9-3-5-1-7(11)6(4-10)2-8(5)12/h1-2H,3-4H2,11-12H3. The summed E-state index contributed by atoms with van der Waals surface area (Å²) in [6.07, 6.45) is 0. The van der Waals surface area contributed by atoms with Crippen molar-refractivity contribution in [3.05, 3.63) is 23.3 Å². The van der Waals surface area contributed by atoms with E-state index in [-0.39, 0.29) is 0 Å². The Morgan fingerprint density at radius 2 is 1.25 bits per heavy atom. The van der Waals surface area contributed by atoms with E-state index in [0.29, 0.717) is 0 Å². The molecule has 0 saturated carbocycles. The molecule has 0 aromatic heterocycles. The quantitative estimate of drug-likeness (QED) is 0.506. The molecule has 0 atom stereocenters. The topological polar surface area (TPSA) is 0 Å². The van der Waals surface area contributed by atoms with Gasteiger partial charge in [-0.25, -0.2) is 0 Å². The van der Waals surface area contributed by atoms with E-state index < -0.39 is 0 Å². The highest BCUT2D eigenvalue weighted by Gasteiger charge is 2.01. The van der Waals surface area contributed by atoms with Gasteiger partial charge in [0.15, 0.2) is 0 Å². The minimum atomic E-state index is 1.00. The van der Waals surface area contributed by atoms with Crippen LogP contribution in [-0.4, -0.2) is 20.5 Å². The lowest BCUT2D eigenvalue weighted by molar-refractivity contribution is 1.43. The number of halogens is 2. The predicted octanol–water partition coefficient (Wildman–Crippen LogP) is -0.542. The zero-order chi connectivity index (χ0) is 9.14. The molecule has 0 nitrogen and oxygen atoms in total. The summed E-state index contributed by atoms with van der Waals surface area (Å²) in [6, 6.07) is 4.69. The van der Waals surface area contributed by atoms with Crippen molar-refractivity contribution >= 4 is 62.7 Å². The molecule has 1 aromatic carbocycles. The van der Waals surface area contributed by atoms with Gasteiger partial charge in [0.25, 0.3) is 0 Å². The van der Waals surface area contributed by atoms with Crippen molar-refractivity contribution in [1.29, 1.82) is 0 Å². The van der Waals surface area contributed by atoms with Gasteiger partial charge in [-0.1, -0.05) is 54.4 Å². The van der Waals surface area contributed by atoms with Crippen molar-refractivity contribution in [2.45, 2.75) is 10.7 Å². The second-order valence-corrected chi connectivity index (χ2v) is 6.25. The van der Waals surface area contributed by atoms with Crippen molar-refractivity contribution in [3.63, 3.8) is 0 Å². The Labute approximate surface area is 96.2 Å². The van der Waals surface area contributed by atoms with Crippen molar-refractivity contribution in [3.8, 4) is 0 Å². The fourth-order valence-corrected chi connectivity index (χ4v) is 4.81. The Hall–Kier alpha value is 0.614. The Balaban J connectivity index is 3.16. The van der Waals surface area contributed by atoms with Gasteiger partial charge in [0.05, 0.1) is 0 Å². The molecule has 0 unspecified atom stereocenters. The first-order valence-electron chi connectivity index (χ1n) is 3.90. The summed E-state index contributed by atoms with van der Waals surface area (Å²) in [5, 5.41) is 5.06. The molecule has 66 valence electrons. The van der Waals surface area contributed by atoms with E-state index in [9.17, 15) is 0 Å². The molecule has 0 spiro atoms. The smallest absolute Gasteiger partial charge is 0.0389 e. The summed E-state index contributed by atoms with van der Waals surface area (Å²) in [6.45, 7) is 0. The van der Waals surface area contributed by atoms with Gasteiger partial charge < -0.3 is 0 Å². The third-order valence-corrected chi connectivity index (χ3v) is 5.15. The van der Waals surface area contributed by atoms with Gasteiger partial charge in [-0.05, 0) is 11.1 Å². The first-order chi connectivity index (χ1) is 5.69. The van der Waals surface area contributed by atoms with Crippen LogP contribution < -0.4 is 10.4 Å². The lowest BCUT2D eigenvalue weighted by atomic mass is 10.2. The first kappa shape index (κ1) is 10.7. The van der Waals surface area contributed by atoms with E-state index in [2.05, 4.69) is 44.0 Å². The van der Waals surface area contributed by atoms with Crippen LogP contribution in [0.2, 0.25) is 0 Å². The molecule has 0 aliphatic rings. The van der Waals surface area contributed by atoms with Crippen molar-refractivity contribution in [1.82, 2.24) is 0 Å². The molecule has 1 rings (SSSR count). The molecule has 0 aliphatic heterocycles. The fraction of sp³-hybridized carbons (Fsp3) is 0.250. The Morgan fingerprint density at radius 1 is 0.917 bits per heavy atom. The summed E-state index contributed by atoms with van der Waals surface area (Å²) in [4.78, 5) is 0. The lowest BCUT2D eigenvalue weighted by Crippen LogP contribution is -2.19. The van der Waals surface area contributed by atoms with Crippen molar-refractivity contribution in [2.24, 2.45) is 0 Å². The van der Waals surface area contributed by atoms with Gasteiger partial charge in [-0.2, -0.15) is 0 Å². The molecular weight excluding hydrogens is 312 g/mol. The molecule has 0 amide bonds. The van der Waals surface area contributed by atoms with Gasteiger partial charge in [-0.15, -0.1) is 0 Å². The third kappa shape index (κ3) is 2.31. The van der Waals surface area contributed by atoms with E-state index in [1.807, 2.05) is 0 Å². The van der Waals surface area contributed by atoms with Gasteiger partial charge >= 0.3 is 0 Å². The normalized spacial score (nSPS) is 10.8. The van der Waals surface area contributed by atoms with Crippen molar-refractivity contribution in [2.75, 3.05) is 0 Å². The van der Waals surface area contributed by atoms with Gasteiger partial charge in [-0.3, -0.25) is 0 Å². The summed E-state index contributed by atoms with van der Waals surface area (Å²) in [7, 11) is 2.30. The zero-order valence-electron chi connectivity index (χ0n) is 7.32. The highest BCUT2D eigenvalue weighted by molar-refractivity contribution is 9.08. The van der Waals surface area contributed by atoms with Gasteiger partial charge in [0.1, 0.15) is 0 Å². The molecule has 1 aromatic rings. The van der Waals surface area contributed by atoms with Crippen LogP contribution in [0, 0.1) is 0 Å². The number of hydrogen-bond donors (Lipinski definition) is 0. The van der Waals surface area contributed by atoms with E-state index in [1.54, 1.807) is 0 Å². The highest BCUT2D eigenvalue weighted by Crippen LogP contribution is 2.05. The van der Waals surface area contributed by atoms with E-state index in [4.69, 9.17) is 0 Å². The zero-order valence-corrected chi connectivity index (χ0v) is 14.5. The number of alkyl halides is 2. The van der Waals surface area contributed by atoms with Crippen LogP contribution in [0.3, 0.4) is 0 Å². The van der Waals surface area contributed by atoms with Crippen LogP contribution in [0.15, 0.2) is 12.1 Å². The average Bonchev–Trinajstić information content (AvgIpc) is 2.08. The molecule has 0 saturated heterocycles. The summed E-state index contributed by atoms with van der Waals surface area (Å²) >= 11 is 7.03. The third-order valence-electron chi connectivity index (χ3n) is 2.08. The summed E-state index contributed by atoms with van der Waals surface area (Å²) < 4.78 is 0. The maximum atomic E-state index is 3.51. The summed E-state index contributed by atoms with van der Waals surface area (Å²) in [5.74, 6) is 0. The molecule has 0 heterocycles. The van der Waals surface area contributed by atoms with E-state index >= 15 is 0 Å². The monoisotopic (exact) mass is 322 g/mol. The maximum absolute atomic E-state index is 3.51. The molecule has 0 N–H and O–H groups in total. The Bertz CT molecular complexity index is 257. The number of benzene rings is 1. The number of hydrogen-bond acceptors (Lipinski definition) is 0. The van der Waals surface area contributed by atoms with Gasteiger partial charge in [0, 0.05) is 31.1 Å². The fourth-order valence-electron chi connectivity index (χ4n) is 1.22. The molecule has 0 bridgehead atoms. The van der Waals surface area contributed by atoms with Gasteiger partial charge in [0.2, 0.25) is 0 Å². The maximum Gasteiger partial charge on any atom is 0.0389 e. The molecule has 12 heavy (non-hydrogen) atoms. The minimum Gasteiger partial charge on any atom is -0.0876 e. The first-order valence-corrected chi connectivity index (χ1v) is 8.14. The second kappa shape index (κ2) is 4.74. The largest absolute Gasteiger partial charge is 0.0876 e. The van der Waals surface area contributed by atoms with E-state index in [1.165, 1.54) is 21.5 Å². The Kier molecular flexibility index (Phi) is 4.22. The van der Waals surface area contributed by atoms with E-state index in [0.717, 1.165) is 31.1 Å². The highest BCUT2D eigenvalue weighted by atomic mass is 79.9. The van der Waals surface area contributed by atoms with Crippen LogP contribution >= 0.6 is 31.9 Å².